The number of methoxy groups -OCH3 is 2. The summed E-state index contributed by atoms with van der Waals surface area (Å²) < 4.78 is 11.8. The van der Waals surface area contributed by atoms with Crippen molar-refractivity contribution in [2.24, 2.45) is 5.73 Å². The molecule has 1 atom stereocenters. The van der Waals surface area contributed by atoms with E-state index in [4.69, 9.17) is 32.2 Å². The first-order valence-electron chi connectivity index (χ1n) is 10.00. The van der Waals surface area contributed by atoms with Crippen LogP contribution in [0.15, 0.2) is 59.7 Å². The van der Waals surface area contributed by atoms with Crippen molar-refractivity contribution in [3.05, 3.63) is 87.3 Å². The summed E-state index contributed by atoms with van der Waals surface area (Å²) >= 11 is 6.61. The molecule has 0 spiro atoms. The average Bonchev–Trinajstić information content (AvgIpc) is 3.24. The largest absolute Gasteiger partial charge is 0.493 e. The zero-order valence-electron chi connectivity index (χ0n) is 18.2. The number of nitrogens with one attached hydrogen (secondary N) is 3. The lowest BCUT2D eigenvalue weighted by molar-refractivity contribution is 0.354. The predicted molar refractivity (Wildman–Crippen MR) is 127 cm³/mol. The fraction of sp³-hybridized carbons (Fsp3) is 0.136. The number of nitrogens with zero attached hydrogens (tertiary/aromatic N) is 4. The Morgan fingerprint density at radius 3 is 2.41 bits per heavy atom. The van der Waals surface area contributed by atoms with Gasteiger partial charge in [0.1, 0.15) is 11.9 Å². The Balaban J connectivity index is 1.82. The van der Waals surface area contributed by atoms with E-state index < -0.39 is 11.7 Å². The van der Waals surface area contributed by atoms with E-state index in [1.54, 1.807) is 42.5 Å². The van der Waals surface area contributed by atoms with E-state index in [1.807, 2.05) is 0 Å². The summed E-state index contributed by atoms with van der Waals surface area (Å²) in [5, 5.41) is 15.7. The van der Waals surface area contributed by atoms with Crippen LogP contribution >= 0.6 is 11.6 Å². The molecule has 12 heteroatoms. The van der Waals surface area contributed by atoms with Crippen LogP contribution in [0.3, 0.4) is 0 Å². The molecule has 34 heavy (non-hydrogen) atoms. The summed E-state index contributed by atoms with van der Waals surface area (Å²) in [7, 11) is 3.03. The molecule has 0 fully saturated rings. The molecule has 0 aliphatic heterocycles. The Labute approximate surface area is 199 Å². The molecule has 0 amide bonds. The number of hydrogen-bond acceptors (Lipinski definition) is 8. The lowest BCUT2D eigenvalue weighted by atomic mass is 10.0. The molecule has 2 aromatic carbocycles. The Morgan fingerprint density at radius 2 is 1.79 bits per heavy atom. The number of aromatic nitrogens is 5. The Kier molecular flexibility index (Phi) is 6.46. The molecule has 0 bridgehead atoms. The normalized spacial score (nSPS) is 11.6. The Bertz CT molecular complexity index is 1370. The highest BCUT2D eigenvalue weighted by Crippen LogP contribution is 2.38. The SMILES string of the molecule is COc1cc(Cl)c(C(Nc2ccc(C(=N)N)cc2)c2nn(-c3ncccn3)c(=O)[nH]2)cc1OC. The van der Waals surface area contributed by atoms with Crippen molar-refractivity contribution in [2.45, 2.75) is 6.04 Å². The molecule has 0 radical (unpaired) electrons. The number of benzene rings is 2. The number of H-pyrrole nitrogens is 1. The molecular weight excluding hydrogens is 460 g/mol. The predicted octanol–water partition coefficient (Wildman–Crippen LogP) is 2.51. The number of amidine groups is 1. The number of hydrogen-bond donors (Lipinski definition) is 4. The van der Waals surface area contributed by atoms with Crippen molar-refractivity contribution in [3.63, 3.8) is 0 Å². The van der Waals surface area contributed by atoms with E-state index in [1.165, 1.54) is 26.6 Å². The van der Waals surface area contributed by atoms with Crippen molar-refractivity contribution < 1.29 is 9.47 Å². The summed E-state index contributed by atoms with van der Waals surface area (Å²) in [6.45, 7) is 0. The van der Waals surface area contributed by atoms with Crippen LogP contribution < -0.4 is 26.2 Å². The van der Waals surface area contributed by atoms with Crippen LogP contribution in [0.5, 0.6) is 11.5 Å². The van der Waals surface area contributed by atoms with Gasteiger partial charge in [-0.1, -0.05) is 11.6 Å². The average molecular weight is 481 g/mol. The minimum absolute atomic E-state index is 0.0445. The second kappa shape index (κ2) is 9.63. The first-order valence-corrected chi connectivity index (χ1v) is 10.4. The van der Waals surface area contributed by atoms with E-state index in [-0.39, 0.29) is 17.6 Å². The standard InChI is InChI=1S/C22H21ClN8O3/c1-33-16-10-14(15(23)11-17(16)34-2)18(28-13-6-4-12(5-7-13)19(24)25)20-29-22(32)31(30-20)21-26-8-3-9-27-21/h3-11,18,28H,1-2H3,(H3,24,25)(H,29,30,32). The molecule has 0 saturated heterocycles. The third-order valence-corrected chi connectivity index (χ3v) is 5.30. The first-order chi connectivity index (χ1) is 16.4. The van der Waals surface area contributed by atoms with Crippen LogP contribution in [0.2, 0.25) is 5.02 Å². The number of aromatic amines is 1. The fourth-order valence-corrected chi connectivity index (χ4v) is 3.57. The summed E-state index contributed by atoms with van der Waals surface area (Å²) in [4.78, 5) is 23.6. The van der Waals surface area contributed by atoms with Gasteiger partial charge in [0.25, 0.3) is 5.95 Å². The van der Waals surface area contributed by atoms with Gasteiger partial charge in [-0.05, 0) is 36.4 Å². The van der Waals surface area contributed by atoms with Gasteiger partial charge in [-0.15, -0.1) is 9.78 Å². The molecule has 5 N–H and O–H groups in total. The van der Waals surface area contributed by atoms with Gasteiger partial charge in [0.15, 0.2) is 17.3 Å². The summed E-state index contributed by atoms with van der Waals surface area (Å²) in [6.07, 6.45) is 3.03. The van der Waals surface area contributed by atoms with Gasteiger partial charge in [-0.25, -0.2) is 14.8 Å². The van der Waals surface area contributed by atoms with Crippen LogP contribution in [0.1, 0.15) is 23.0 Å². The van der Waals surface area contributed by atoms with E-state index in [0.29, 0.717) is 33.3 Å². The monoisotopic (exact) mass is 480 g/mol. The Hall–Kier alpha value is -4.38. The van der Waals surface area contributed by atoms with Gasteiger partial charge < -0.3 is 20.5 Å². The third kappa shape index (κ3) is 4.55. The van der Waals surface area contributed by atoms with Crippen molar-refractivity contribution in [3.8, 4) is 17.4 Å². The molecule has 4 rings (SSSR count). The molecular formula is C22H21ClN8O3. The van der Waals surface area contributed by atoms with Gasteiger partial charge in [0.2, 0.25) is 0 Å². The summed E-state index contributed by atoms with van der Waals surface area (Å²) in [6, 6.07) is 11.2. The van der Waals surface area contributed by atoms with Crippen LogP contribution in [0, 0.1) is 5.41 Å². The molecule has 2 aromatic heterocycles. The number of rotatable bonds is 8. The minimum Gasteiger partial charge on any atom is -0.493 e. The molecule has 4 aromatic rings. The van der Waals surface area contributed by atoms with E-state index in [9.17, 15) is 4.79 Å². The second-order valence-corrected chi connectivity index (χ2v) is 7.48. The van der Waals surface area contributed by atoms with Gasteiger partial charge in [0, 0.05) is 35.3 Å². The zero-order valence-corrected chi connectivity index (χ0v) is 19.0. The molecule has 174 valence electrons. The van der Waals surface area contributed by atoms with Crippen LogP contribution in [-0.4, -0.2) is 44.8 Å². The van der Waals surface area contributed by atoms with Gasteiger partial charge in [0.05, 0.1) is 19.2 Å². The highest BCUT2D eigenvalue weighted by atomic mass is 35.5. The van der Waals surface area contributed by atoms with Gasteiger partial charge in [-0.3, -0.25) is 10.4 Å². The van der Waals surface area contributed by atoms with Crippen molar-refractivity contribution >= 4 is 23.1 Å². The van der Waals surface area contributed by atoms with E-state index >= 15 is 0 Å². The number of anilines is 1. The maximum Gasteiger partial charge on any atom is 0.350 e. The highest BCUT2D eigenvalue weighted by Gasteiger charge is 2.25. The summed E-state index contributed by atoms with van der Waals surface area (Å²) in [5.74, 6) is 1.25. The van der Waals surface area contributed by atoms with Crippen molar-refractivity contribution in [1.29, 1.82) is 5.41 Å². The lowest BCUT2D eigenvalue weighted by Crippen LogP contribution is -2.18. The third-order valence-electron chi connectivity index (χ3n) is 4.97. The van der Waals surface area contributed by atoms with Crippen LogP contribution in [-0.2, 0) is 0 Å². The number of nitrogens with two attached hydrogens (primary N) is 1. The topological polar surface area (TPSA) is 157 Å². The van der Waals surface area contributed by atoms with Crippen molar-refractivity contribution in [1.82, 2.24) is 24.7 Å². The molecule has 0 saturated carbocycles. The smallest absolute Gasteiger partial charge is 0.350 e. The minimum atomic E-state index is -0.701. The number of halogens is 1. The highest BCUT2D eigenvalue weighted by molar-refractivity contribution is 6.31. The zero-order chi connectivity index (χ0) is 24.2. The molecule has 0 aliphatic carbocycles. The quantitative estimate of drug-likeness (QED) is 0.221. The summed E-state index contributed by atoms with van der Waals surface area (Å²) in [5.41, 5.74) is 6.86. The van der Waals surface area contributed by atoms with E-state index in [2.05, 4.69) is 25.4 Å². The van der Waals surface area contributed by atoms with Gasteiger partial charge >= 0.3 is 5.69 Å². The van der Waals surface area contributed by atoms with Gasteiger partial charge in [-0.2, -0.15) is 0 Å². The molecule has 11 nitrogen and oxygen atoms in total. The number of nitrogen functional groups attached to an aromatic ring is 1. The lowest BCUT2D eigenvalue weighted by Gasteiger charge is -2.21. The molecule has 0 aliphatic rings. The molecule has 1 unspecified atom stereocenters. The van der Waals surface area contributed by atoms with Crippen molar-refractivity contribution in [2.75, 3.05) is 19.5 Å². The van der Waals surface area contributed by atoms with Crippen LogP contribution in [0.25, 0.3) is 5.95 Å². The molecule has 2 heterocycles. The maximum atomic E-state index is 12.7. The number of ether oxygens (including phenoxy) is 2. The fourth-order valence-electron chi connectivity index (χ4n) is 3.30. The Morgan fingerprint density at radius 1 is 1.15 bits per heavy atom. The first kappa shape index (κ1) is 22.8. The second-order valence-electron chi connectivity index (χ2n) is 7.07. The van der Waals surface area contributed by atoms with E-state index in [0.717, 1.165) is 4.68 Å². The maximum absolute atomic E-state index is 12.7. The van der Waals surface area contributed by atoms with Crippen LogP contribution in [0.4, 0.5) is 5.69 Å².